The Labute approximate surface area is 730 Å². The standard InChI is InChI=1S/2C60H40N2O/c1-2-11-41(12-3-1)42-21-23-43(24-22-42)45-29-34-49(35-30-45)61(51-13-10-14-52(40-51)62-57-18-7-4-15-53(57)54-16-5-8-19-58(54)62)50-36-31-46(32-37-50)44-25-27-47(28-26-44)48-33-38-60-56(39-48)55-17-6-9-20-59(55)63-60;1-2-11-41(12-3-1)42-21-23-43(24-22-42)45-29-34-49(35-30-45)61(51-13-10-14-52(40-51)62-57-18-7-4-15-53(57)54-16-5-8-19-58(54)62)50-36-31-46(32-37-50)44-25-27-47(28-26-44)48-33-38-56-55-17-6-9-20-59(55)63-60(56)39-48/h2*1-40H. The van der Waals surface area contributed by atoms with Gasteiger partial charge in [-0.25, -0.2) is 0 Å². The van der Waals surface area contributed by atoms with Crippen molar-refractivity contribution in [3.63, 3.8) is 0 Å². The Morgan fingerprint density at radius 2 is 0.373 bits per heavy atom. The molecule has 0 saturated heterocycles. The number of hydrogen-bond donors (Lipinski definition) is 0. The van der Waals surface area contributed by atoms with Crippen LogP contribution < -0.4 is 9.80 Å². The summed E-state index contributed by atoms with van der Waals surface area (Å²) in [7, 11) is 0. The van der Waals surface area contributed by atoms with Crippen LogP contribution in [0.5, 0.6) is 0 Å². The molecule has 0 saturated carbocycles. The van der Waals surface area contributed by atoms with E-state index < -0.39 is 0 Å². The van der Waals surface area contributed by atoms with Crippen molar-refractivity contribution in [3.05, 3.63) is 485 Å². The molecule has 0 aliphatic heterocycles. The van der Waals surface area contributed by atoms with Crippen LogP contribution in [0.4, 0.5) is 34.1 Å². The molecular formula is C120H80N4O2. The molecule has 20 aromatic carbocycles. The number of nitrogens with zero attached hydrogens (tertiary/aromatic N) is 4. The third-order valence-electron chi connectivity index (χ3n) is 24.9. The van der Waals surface area contributed by atoms with E-state index in [0.717, 1.165) is 117 Å². The maximum atomic E-state index is 6.20. The van der Waals surface area contributed by atoms with Gasteiger partial charge in [-0.1, -0.05) is 340 Å². The smallest absolute Gasteiger partial charge is 0.136 e. The zero-order valence-corrected chi connectivity index (χ0v) is 68.8. The van der Waals surface area contributed by atoms with E-state index in [2.05, 4.69) is 480 Å². The molecule has 0 N–H and O–H groups in total. The second kappa shape index (κ2) is 32.0. The van der Waals surface area contributed by atoms with Crippen LogP contribution in [-0.2, 0) is 0 Å². The third-order valence-corrected chi connectivity index (χ3v) is 24.9. The summed E-state index contributed by atoms with van der Waals surface area (Å²) in [5.74, 6) is 0. The highest BCUT2D eigenvalue weighted by atomic mass is 16.3. The van der Waals surface area contributed by atoms with Gasteiger partial charge in [0.2, 0.25) is 0 Å². The predicted octanol–water partition coefficient (Wildman–Crippen LogP) is 33.6. The minimum absolute atomic E-state index is 0.908. The summed E-state index contributed by atoms with van der Waals surface area (Å²) in [5.41, 5.74) is 36.0. The quantitative estimate of drug-likeness (QED) is 0.0967. The van der Waals surface area contributed by atoms with Crippen molar-refractivity contribution >= 4 is 122 Å². The van der Waals surface area contributed by atoms with Crippen molar-refractivity contribution in [1.29, 1.82) is 0 Å². The highest BCUT2D eigenvalue weighted by molar-refractivity contribution is 6.12. The Morgan fingerprint density at radius 3 is 0.722 bits per heavy atom. The van der Waals surface area contributed by atoms with Crippen LogP contribution in [0.3, 0.4) is 0 Å². The lowest BCUT2D eigenvalue weighted by Gasteiger charge is -2.26. The maximum absolute atomic E-state index is 6.20. The highest BCUT2D eigenvalue weighted by Gasteiger charge is 2.22. The second-order valence-corrected chi connectivity index (χ2v) is 32.3. The van der Waals surface area contributed by atoms with Gasteiger partial charge in [-0.15, -0.1) is 0 Å². The first kappa shape index (κ1) is 74.3. The first-order chi connectivity index (χ1) is 62.4. The van der Waals surface area contributed by atoms with Gasteiger partial charge in [0.1, 0.15) is 22.3 Å². The number of benzene rings is 20. The Kier molecular flexibility index (Phi) is 18.8. The van der Waals surface area contributed by atoms with Gasteiger partial charge >= 0.3 is 0 Å². The summed E-state index contributed by atoms with van der Waals surface area (Å²) in [6, 6.07) is 174. The van der Waals surface area contributed by atoms with Crippen LogP contribution in [0.15, 0.2) is 494 Å². The number of fused-ring (bicyclic) bond motifs is 12. The largest absolute Gasteiger partial charge is 0.456 e. The fourth-order valence-corrected chi connectivity index (χ4v) is 18.5. The average Bonchev–Trinajstić information content (AvgIpc) is 1.59. The summed E-state index contributed by atoms with van der Waals surface area (Å²) in [6.45, 7) is 0. The van der Waals surface area contributed by atoms with Crippen molar-refractivity contribution in [2.45, 2.75) is 0 Å². The molecule has 0 spiro atoms. The van der Waals surface area contributed by atoms with Crippen molar-refractivity contribution in [3.8, 4) is 100 Å². The molecule has 0 fully saturated rings. The Balaban J connectivity index is 0.000000145. The predicted molar refractivity (Wildman–Crippen MR) is 529 cm³/mol. The molecule has 24 rings (SSSR count). The molecule has 6 nitrogen and oxygen atoms in total. The summed E-state index contributed by atoms with van der Waals surface area (Å²) in [5, 5.41) is 9.57. The fraction of sp³-hybridized carbons (Fsp3) is 0. The molecule has 0 atom stereocenters. The molecule has 0 amide bonds. The molecule has 0 aliphatic rings. The molecule has 24 aromatic rings. The molecule has 6 heteroatoms. The zero-order valence-electron chi connectivity index (χ0n) is 68.8. The van der Waals surface area contributed by atoms with Gasteiger partial charge in [-0.2, -0.15) is 0 Å². The summed E-state index contributed by atoms with van der Waals surface area (Å²) in [4.78, 5) is 4.73. The first-order valence-corrected chi connectivity index (χ1v) is 43.0. The van der Waals surface area contributed by atoms with Gasteiger partial charge in [0.05, 0.1) is 22.1 Å². The average molecular weight is 1610 g/mol. The normalized spacial score (nSPS) is 11.5. The van der Waals surface area contributed by atoms with Crippen LogP contribution in [0.25, 0.3) is 188 Å². The van der Waals surface area contributed by atoms with Crippen molar-refractivity contribution in [2.75, 3.05) is 9.80 Å². The summed E-state index contributed by atoms with van der Waals surface area (Å²) < 4.78 is 17.1. The van der Waals surface area contributed by atoms with E-state index in [-0.39, 0.29) is 0 Å². The van der Waals surface area contributed by atoms with E-state index in [4.69, 9.17) is 8.83 Å². The number of rotatable bonds is 16. The SMILES string of the molecule is c1ccc(-c2ccc(-c3ccc(N(c4ccc(-c5ccc(-c6ccc7c(c6)oc6ccccc67)cc5)cc4)c4cccc(-n5c6ccccc6c6ccccc65)c4)cc3)cc2)cc1.c1ccc(-c2ccc(-c3ccc(N(c4ccc(-c5ccc(-c6ccc7oc8ccccc8c7c6)cc5)cc4)c4cccc(-n5c6ccccc6c6ccccc65)c4)cc3)cc2)cc1. The van der Waals surface area contributed by atoms with Crippen molar-refractivity contribution in [2.24, 2.45) is 0 Å². The number of furan rings is 2. The second-order valence-electron chi connectivity index (χ2n) is 32.3. The zero-order chi connectivity index (χ0) is 83.4. The van der Waals surface area contributed by atoms with Crippen molar-refractivity contribution in [1.82, 2.24) is 9.13 Å². The molecule has 0 radical (unpaired) electrons. The Bertz CT molecular complexity index is 8020. The maximum Gasteiger partial charge on any atom is 0.136 e. The summed E-state index contributed by atoms with van der Waals surface area (Å²) in [6.07, 6.45) is 0. The lowest BCUT2D eigenvalue weighted by molar-refractivity contribution is 0.668. The van der Waals surface area contributed by atoms with E-state index >= 15 is 0 Å². The number of para-hydroxylation sites is 6. The lowest BCUT2D eigenvalue weighted by atomic mass is 9.98. The van der Waals surface area contributed by atoms with Gasteiger partial charge in [-0.05, 0) is 235 Å². The van der Waals surface area contributed by atoms with Gasteiger partial charge in [0.15, 0.2) is 0 Å². The van der Waals surface area contributed by atoms with E-state index in [1.54, 1.807) is 0 Å². The minimum atomic E-state index is 0.908. The van der Waals surface area contributed by atoms with E-state index in [1.807, 2.05) is 24.3 Å². The van der Waals surface area contributed by atoms with Gasteiger partial charge in [-0.3, -0.25) is 0 Å². The van der Waals surface area contributed by atoms with Crippen LogP contribution in [-0.4, -0.2) is 9.13 Å². The molecule has 0 aliphatic carbocycles. The third kappa shape index (κ3) is 13.9. The molecule has 4 aromatic heterocycles. The first-order valence-electron chi connectivity index (χ1n) is 43.0. The Morgan fingerprint density at radius 1 is 0.135 bits per heavy atom. The van der Waals surface area contributed by atoms with E-state index in [1.165, 1.54) is 105 Å². The lowest BCUT2D eigenvalue weighted by Crippen LogP contribution is -2.10. The van der Waals surface area contributed by atoms with Gasteiger partial charge < -0.3 is 27.8 Å². The number of hydrogen-bond acceptors (Lipinski definition) is 4. The van der Waals surface area contributed by atoms with Gasteiger partial charge in [0.25, 0.3) is 0 Å². The van der Waals surface area contributed by atoms with Gasteiger partial charge in [0, 0.05) is 88.6 Å². The monoisotopic (exact) mass is 1610 g/mol. The topological polar surface area (TPSA) is 42.6 Å². The molecule has 0 unspecified atom stereocenters. The molecule has 0 bridgehead atoms. The molecule has 592 valence electrons. The highest BCUT2D eigenvalue weighted by Crippen LogP contribution is 2.45. The molecule has 126 heavy (non-hydrogen) atoms. The Hall–Kier alpha value is -16.8. The van der Waals surface area contributed by atoms with Crippen LogP contribution in [0.1, 0.15) is 0 Å². The molecular weight excluding hydrogens is 1530 g/mol. The minimum Gasteiger partial charge on any atom is -0.456 e. The molecule has 4 heterocycles. The summed E-state index contributed by atoms with van der Waals surface area (Å²) >= 11 is 0. The van der Waals surface area contributed by atoms with E-state index in [9.17, 15) is 0 Å². The van der Waals surface area contributed by atoms with Crippen LogP contribution in [0.2, 0.25) is 0 Å². The van der Waals surface area contributed by atoms with Crippen molar-refractivity contribution < 1.29 is 8.83 Å². The van der Waals surface area contributed by atoms with Crippen LogP contribution in [0, 0.1) is 0 Å². The number of anilines is 6. The number of aromatic nitrogens is 2. The van der Waals surface area contributed by atoms with E-state index in [0.29, 0.717) is 0 Å². The van der Waals surface area contributed by atoms with Crippen LogP contribution >= 0.6 is 0 Å². The fourth-order valence-electron chi connectivity index (χ4n) is 18.5.